The van der Waals surface area contributed by atoms with Crippen LogP contribution in [0.2, 0.25) is 5.02 Å². The maximum atomic E-state index is 6.10. The molecule has 2 aromatic rings. The van der Waals surface area contributed by atoms with Crippen LogP contribution >= 0.6 is 34.5 Å². The molecule has 0 fully saturated rings. The number of halogens is 2. The summed E-state index contributed by atoms with van der Waals surface area (Å²) in [7, 11) is 0. The normalized spacial score (nSPS) is 11.1. The van der Waals surface area contributed by atoms with Crippen LogP contribution in [0.15, 0.2) is 17.5 Å². The van der Waals surface area contributed by atoms with E-state index in [1.807, 2.05) is 5.38 Å². The zero-order valence-electron chi connectivity index (χ0n) is 7.81. The highest BCUT2D eigenvalue weighted by molar-refractivity contribution is 7.17. The molecule has 0 atom stereocenters. The van der Waals surface area contributed by atoms with Crippen molar-refractivity contribution in [3.63, 3.8) is 0 Å². The Morgan fingerprint density at radius 3 is 2.79 bits per heavy atom. The minimum Gasteiger partial charge on any atom is -0.142 e. The van der Waals surface area contributed by atoms with Crippen molar-refractivity contribution in [3.8, 4) is 0 Å². The van der Waals surface area contributed by atoms with E-state index < -0.39 is 0 Å². The van der Waals surface area contributed by atoms with Crippen LogP contribution in [0.1, 0.15) is 18.1 Å². The second-order valence-corrected chi connectivity index (χ2v) is 4.78. The number of hydrogen-bond donors (Lipinski definition) is 0. The van der Waals surface area contributed by atoms with E-state index in [0.717, 1.165) is 22.4 Å². The van der Waals surface area contributed by atoms with Gasteiger partial charge >= 0.3 is 0 Å². The minimum absolute atomic E-state index is 0.529. The minimum atomic E-state index is 0.529. The third kappa shape index (κ3) is 1.65. The maximum Gasteiger partial charge on any atom is 0.0594 e. The number of rotatable bonds is 2. The van der Waals surface area contributed by atoms with Crippen LogP contribution in [0.25, 0.3) is 10.1 Å². The fraction of sp³-hybridized carbons (Fsp3) is 0.273. The first-order valence-corrected chi connectivity index (χ1v) is 6.30. The molecule has 14 heavy (non-hydrogen) atoms. The van der Waals surface area contributed by atoms with Gasteiger partial charge in [0.2, 0.25) is 0 Å². The highest BCUT2D eigenvalue weighted by Gasteiger charge is 2.08. The zero-order chi connectivity index (χ0) is 10.1. The highest BCUT2D eigenvalue weighted by atomic mass is 35.5. The summed E-state index contributed by atoms with van der Waals surface area (Å²) < 4.78 is 1.24. The van der Waals surface area contributed by atoms with Crippen LogP contribution in [0.4, 0.5) is 0 Å². The molecule has 0 aliphatic heterocycles. The van der Waals surface area contributed by atoms with E-state index in [0.29, 0.717) is 5.88 Å². The Kier molecular flexibility index (Phi) is 3.01. The molecule has 2 rings (SSSR count). The lowest BCUT2D eigenvalue weighted by molar-refractivity contribution is 1.14. The number of alkyl halides is 1. The molecule has 1 aromatic carbocycles. The lowest BCUT2D eigenvalue weighted by Crippen LogP contribution is -1.85. The molecule has 0 unspecified atom stereocenters. The number of hydrogen-bond acceptors (Lipinski definition) is 1. The Labute approximate surface area is 97.5 Å². The third-order valence-electron chi connectivity index (χ3n) is 2.32. The molecule has 0 nitrogen and oxygen atoms in total. The predicted molar refractivity (Wildman–Crippen MR) is 65.8 cm³/mol. The van der Waals surface area contributed by atoms with Gasteiger partial charge in [-0.2, -0.15) is 0 Å². The van der Waals surface area contributed by atoms with Gasteiger partial charge in [0, 0.05) is 21.3 Å². The Hall–Kier alpha value is -0.240. The average Bonchev–Trinajstić information content (AvgIpc) is 2.59. The van der Waals surface area contributed by atoms with Crippen molar-refractivity contribution in [3.05, 3.63) is 33.7 Å². The fourth-order valence-electron chi connectivity index (χ4n) is 1.58. The Bertz CT molecular complexity index is 460. The first-order chi connectivity index (χ1) is 6.76. The van der Waals surface area contributed by atoms with E-state index in [9.17, 15) is 0 Å². The molecular formula is C11H10Cl2S. The van der Waals surface area contributed by atoms with Crippen LogP contribution in [0, 0.1) is 0 Å². The molecule has 0 saturated heterocycles. The van der Waals surface area contributed by atoms with Crippen molar-refractivity contribution in [1.82, 2.24) is 0 Å². The van der Waals surface area contributed by atoms with E-state index in [2.05, 4.69) is 19.1 Å². The molecule has 0 aliphatic rings. The first kappa shape index (κ1) is 10.3. The zero-order valence-corrected chi connectivity index (χ0v) is 10.1. The van der Waals surface area contributed by atoms with Gasteiger partial charge in [0.1, 0.15) is 0 Å². The monoisotopic (exact) mass is 244 g/mol. The van der Waals surface area contributed by atoms with Gasteiger partial charge < -0.3 is 0 Å². The molecule has 0 spiro atoms. The quantitative estimate of drug-likeness (QED) is 0.663. The van der Waals surface area contributed by atoms with E-state index in [-0.39, 0.29) is 0 Å². The summed E-state index contributed by atoms with van der Waals surface area (Å²) in [5, 5.41) is 3.93. The summed E-state index contributed by atoms with van der Waals surface area (Å²) in [6.45, 7) is 2.15. The number of fused-ring (bicyclic) bond motifs is 1. The van der Waals surface area contributed by atoms with Gasteiger partial charge in [-0.3, -0.25) is 0 Å². The number of thiophene rings is 1. The summed E-state index contributed by atoms with van der Waals surface area (Å²) in [5.41, 5.74) is 2.47. The standard InChI is InChI=1S/C11H10Cl2S/c1-2-7-3-8(5-12)11-9(13)6-14-10(11)4-7/h3-4,6H,2,5H2,1H3. The number of aryl methyl sites for hydroxylation is 1. The van der Waals surface area contributed by atoms with E-state index in [1.54, 1.807) is 11.3 Å². The molecule has 0 bridgehead atoms. The summed E-state index contributed by atoms with van der Waals surface area (Å²) in [4.78, 5) is 0. The fourth-order valence-corrected chi connectivity index (χ4v) is 3.13. The maximum absolute atomic E-state index is 6.10. The SMILES string of the molecule is CCc1cc(CCl)c2c(Cl)csc2c1. The second-order valence-electron chi connectivity index (χ2n) is 3.20. The molecule has 74 valence electrons. The summed E-state index contributed by atoms with van der Waals surface area (Å²) in [5.74, 6) is 0.529. The first-order valence-electron chi connectivity index (χ1n) is 4.50. The van der Waals surface area contributed by atoms with Crippen molar-refractivity contribution in [1.29, 1.82) is 0 Å². The Balaban J connectivity index is 2.76. The van der Waals surface area contributed by atoms with E-state index in [4.69, 9.17) is 23.2 Å². The van der Waals surface area contributed by atoms with Gasteiger partial charge in [-0.05, 0) is 23.6 Å². The van der Waals surface area contributed by atoms with Gasteiger partial charge in [-0.1, -0.05) is 24.6 Å². The van der Waals surface area contributed by atoms with Crippen molar-refractivity contribution < 1.29 is 0 Å². The van der Waals surface area contributed by atoms with Crippen LogP contribution in [0.3, 0.4) is 0 Å². The van der Waals surface area contributed by atoms with Gasteiger partial charge in [0.05, 0.1) is 5.02 Å². The Morgan fingerprint density at radius 1 is 1.36 bits per heavy atom. The average molecular weight is 245 g/mol. The topological polar surface area (TPSA) is 0 Å². The Morgan fingerprint density at radius 2 is 2.14 bits per heavy atom. The van der Waals surface area contributed by atoms with Crippen LogP contribution in [-0.2, 0) is 12.3 Å². The molecule has 3 heteroatoms. The molecular weight excluding hydrogens is 235 g/mol. The lowest BCUT2D eigenvalue weighted by atomic mass is 10.1. The van der Waals surface area contributed by atoms with Gasteiger partial charge in [0.15, 0.2) is 0 Å². The molecule has 1 aromatic heterocycles. The lowest BCUT2D eigenvalue weighted by Gasteiger charge is -2.03. The molecule has 0 amide bonds. The van der Waals surface area contributed by atoms with E-state index >= 15 is 0 Å². The molecule has 0 radical (unpaired) electrons. The van der Waals surface area contributed by atoms with Crippen LogP contribution in [0.5, 0.6) is 0 Å². The van der Waals surface area contributed by atoms with Crippen molar-refractivity contribution >= 4 is 44.6 Å². The molecule has 0 N–H and O–H groups in total. The molecule has 0 aliphatic carbocycles. The van der Waals surface area contributed by atoms with E-state index in [1.165, 1.54) is 10.3 Å². The van der Waals surface area contributed by atoms with Crippen molar-refractivity contribution in [2.24, 2.45) is 0 Å². The number of benzene rings is 1. The van der Waals surface area contributed by atoms with Gasteiger partial charge in [0.25, 0.3) is 0 Å². The van der Waals surface area contributed by atoms with Gasteiger partial charge in [-0.15, -0.1) is 22.9 Å². The smallest absolute Gasteiger partial charge is 0.0594 e. The molecule has 1 heterocycles. The predicted octanol–water partition coefficient (Wildman–Crippen LogP) is 4.86. The van der Waals surface area contributed by atoms with Crippen LogP contribution < -0.4 is 0 Å². The molecule has 0 saturated carbocycles. The summed E-state index contributed by atoms with van der Waals surface area (Å²) >= 11 is 13.7. The third-order valence-corrected chi connectivity index (χ3v) is 3.97. The largest absolute Gasteiger partial charge is 0.142 e. The summed E-state index contributed by atoms with van der Waals surface area (Å²) in [6, 6.07) is 4.34. The second kappa shape index (κ2) is 4.09. The van der Waals surface area contributed by atoms with Crippen LogP contribution in [-0.4, -0.2) is 0 Å². The highest BCUT2D eigenvalue weighted by Crippen LogP contribution is 2.34. The van der Waals surface area contributed by atoms with Crippen molar-refractivity contribution in [2.75, 3.05) is 0 Å². The van der Waals surface area contributed by atoms with Gasteiger partial charge in [-0.25, -0.2) is 0 Å². The van der Waals surface area contributed by atoms with Crippen molar-refractivity contribution in [2.45, 2.75) is 19.2 Å². The summed E-state index contributed by atoms with van der Waals surface area (Å²) in [6.07, 6.45) is 1.04.